The van der Waals surface area contributed by atoms with Crippen LogP contribution in [0, 0.1) is 6.92 Å². The molecule has 0 fully saturated rings. The number of carboxylic acid groups (broad SMARTS) is 1. The van der Waals surface area contributed by atoms with E-state index in [0.717, 1.165) is 10.7 Å². The minimum Gasteiger partial charge on any atom is -0.484 e. The highest BCUT2D eigenvalue weighted by Crippen LogP contribution is 2.33. The molecule has 1 aromatic carbocycles. The van der Waals surface area contributed by atoms with Gasteiger partial charge in [0.05, 0.1) is 5.02 Å². The Morgan fingerprint density at radius 1 is 1.47 bits per heavy atom. The molecule has 2 rings (SSSR count). The number of carbonyl (C=O) groups is 1. The van der Waals surface area contributed by atoms with Crippen molar-refractivity contribution in [3.8, 4) is 5.75 Å². The summed E-state index contributed by atoms with van der Waals surface area (Å²) < 4.78 is 5.46. The molecule has 0 aliphatic rings. The number of aromatic nitrogens is 1. The topological polar surface area (TPSA) is 59.4 Å². The molecular weight excluding hydrogens is 309 g/mol. The molecule has 0 amide bonds. The normalized spacial score (nSPS) is 10.5. The number of hydrogen-bond donors (Lipinski definition) is 1. The molecule has 2 aromatic rings. The summed E-state index contributed by atoms with van der Waals surface area (Å²) in [5.41, 5.74) is 0.829. The average Bonchev–Trinajstić information content (AvgIpc) is 2.73. The number of thiazole rings is 1. The second-order valence-electron chi connectivity index (χ2n) is 3.74. The van der Waals surface area contributed by atoms with E-state index in [9.17, 15) is 4.79 Å². The van der Waals surface area contributed by atoms with Crippen molar-refractivity contribution in [2.24, 2.45) is 0 Å². The number of rotatable bonds is 4. The van der Waals surface area contributed by atoms with Crippen LogP contribution in [0.5, 0.6) is 5.75 Å². The molecule has 19 heavy (non-hydrogen) atoms. The van der Waals surface area contributed by atoms with E-state index in [1.807, 2.05) is 12.3 Å². The molecule has 0 unspecified atom stereocenters. The van der Waals surface area contributed by atoms with Gasteiger partial charge < -0.3 is 9.84 Å². The first-order chi connectivity index (χ1) is 8.97. The van der Waals surface area contributed by atoms with E-state index in [1.54, 1.807) is 0 Å². The lowest BCUT2D eigenvalue weighted by Gasteiger charge is -2.10. The van der Waals surface area contributed by atoms with Crippen LogP contribution in [0.4, 0.5) is 0 Å². The lowest BCUT2D eigenvalue weighted by atomic mass is 10.2. The van der Waals surface area contributed by atoms with Crippen molar-refractivity contribution in [2.75, 3.05) is 0 Å². The van der Waals surface area contributed by atoms with E-state index in [4.69, 9.17) is 33.0 Å². The highest BCUT2D eigenvalue weighted by Gasteiger charge is 2.17. The third kappa shape index (κ3) is 3.37. The van der Waals surface area contributed by atoms with E-state index in [0.29, 0.717) is 0 Å². The molecule has 0 spiro atoms. The van der Waals surface area contributed by atoms with E-state index in [1.165, 1.54) is 23.5 Å². The Kier molecular flexibility index (Phi) is 4.29. The van der Waals surface area contributed by atoms with Crippen molar-refractivity contribution in [2.45, 2.75) is 13.5 Å². The zero-order valence-electron chi connectivity index (χ0n) is 9.81. The van der Waals surface area contributed by atoms with Crippen molar-refractivity contribution >= 4 is 40.5 Å². The van der Waals surface area contributed by atoms with Gasteiger partial charge in [0, 0.05) is 16.1 Å². The van der Waals surface area contributed by atoms with Gasteiger partial charge >= 0.3 is 5.97 Å². The summed E-state index contributed by atoms with van der Waals surface area (Å²) in [4.78, 5) is 15.4. The quantitative estimate of drug-likeness (QED) is 0.924. The Bertz CT molecular complexity index is 627. The molecule has 0 saturated carbocycles. The molecule has 1 heterocycles. The maximum Gasteiger partial charge on any atom is 0.339 e. The van der Waals surface area contributed by atoms with Gasteiger partial charge in [-0.15, -0.1) is 11.3 Å². The van der Waals surface area contributed by atoms with Gasteiger partial charge in [-0.1, -0.05) is 23.2 Å². The first-order valence-corrected chi connectivity index (χ1v) is 6.87. The number of benzene rings is 1. The number of nitrogens with zero attached hydrogens (tertiary/aromatic N) is 1. The fourth-order valence-electron chi connectivity index (χ4n) is 1.47. The summed E-state index contributed by atoms with van der Waals surface area (Å²) in [6.45, 7) is 2.04. The monoisotopic (exact) mass is 317 g/mol. The number of halogens is 2. The Morgan fingerprint density at radius 3 is 2.79 bits per heavy atom. The van der Waals surface area contributed by atoms with Crippen LogP contribution in [-0.4, -0.2) is 16.1 Å². The van der Waals surface area contributed by atoms with Crippen LogP contribution in [0.15, 0.2) is 17.5 Å². The molecular formula is C12H9Cl2NO3S. The minimum atomic E-state index is -1.14. The Labute approximate surface area is 123 Å². The fraction of sp³-hybridized carbons (Fsp3) is 0.167. The molecule has 100 valence electrons. The lowest BCUT2D eigenvalue weighted by Crippen LogP contribution is -2.04. The van der Waals surface area contributed by atoms with Crippen LogP contribution in [0.25, 0.3) is 0 Å². The molecule has 1 N–H and O–H groups in total. The predicted octanol–water partition coefficient (Wildman–Crippen LogP) is 4.04. The maximum absolute atomic E-state index is 11.1. The Morgan fingerprint density at radius 2 is 2.21 bits per heavy atom. The zero-order valence-corrected chi connectivity index (χ0v) is 12.1. The maximum atomic E-state index is 11.1. The van der Waals surface area contributed by atoms with E-state index < -0.39 is 5.97 Å². The van der Waals surface area contributed by atoms with Gasteiger partial charge in [-0.05, 0) is 19.1 Å². The number of hydrogen-bond acceptors (Lipinski definition) is 4. The standard InChI is InChI=1S/C12H9Cl2NO3S/c1-6-5-19-10(15-6)4-18-11-8(12(16)17)2-7(13)3-9(11)14/h2-3,5H,4H2,1H3,(H,16,17). The largest absolute Gasteiger partial charge is 0.484 e. The molecule has 1 aromatic heterocycles. The summed E-state index contributed by atoms with van der Waals surface area (Å²) >= 11 is 13.2. The molecule has 0 atom stereocenters. The third-order valence-corrected chi connectivity index (χ3v) is 3.68. The van der Waals surface area contributed by atoms with Crippen LogP contribution >= 0.6 is 34.5 Å². The molecule has 0 aliphatic heterocycles. The third-order valence-electron chi connectivity index (χ3n) is 2.25. The van der Waals surface area contributed by atoms with Gasteiger partial charge in [-0.25, -0.2) is 9.78 Å². The van der Waals surface area contributed by atoms with Crippen LogP contribution in [0.2, 0.25) is 10.0 Å². The predicted molar refractivity (Wildman–Crippen MR) is 74.6 cm³/mol. The summed E-state index contributed by atoms with van der Waals surface area (Å²) in [6, 6.07) is 2.75. The minimum absolute atomic E-state index is 0.0641. The van der Waals surface area contributed by atoms with Gasteiger partial charge in [0.25, 0.3) is 0 Å². The van der Waals surface area contributed by atoms with E-state index in [2.05, 4.69) is 4.98 Å². The van der Waals surface area contributed by atoms with Crippen LogP contribution < -0.4 is 4.74 Å². The zero-order chi connectivity index (χ0) is 14.0. The molecule has 0 saturated heterocycles. The number of carboxylic acids is 1. The van der Waals surface area contributed by atoms with Crippen molar-refractivity contribution in [3.05, 3.63) is 43.8 Å². The lowest BCUT2D eigenvalue weighted by molar-refractivity contribution is 0.0691. The van der Waals surface area contributed by atoms with Crippen LogP contribution in [-0.2, 0) is 6.61 Å². The number of ether oxygens (including phenoxy) is 1. The summed E-state index contributed by atoms with van der Waals surface area (Å²) in [7, 11) is 0. The fourth-order valence-corrected chi connectivity index (χ4v) is 2.70. The number of aryl methyl sites for hydroxylation is 1. The van der Waals surface area contributed by atoms with Crippen molar-refractivity contribution in [3.63, 3.8) is 0 Å². The molecule has 0 bridgehead atoms. The molecule has 0 aliphatic carbocycles. The van der Waals surface area contributed by atoms with Gasteiger partial charge in [0.2, 0.25) is 0 Å². The number of aromatic carboxylic acids is 1. The smallest absolute Gasteiger partial charge is 0.339 e. The van der Waals surface area contributed by atoms with Gasteiger partial charge in [-0.3, -0.25) is 0 Å². The second kappa shape index (κ2) is 5.77. The van der Waals surface area contributed by atoms with Gasteiger partial charge in [-0.2, -0.15) is 0 Å². The van der Waals surface area contributed by atoms with Crippen LogP contribution in [0.3, 0.4) is 0 Å². The average molecular weight is 318 g/mol. The summed E-state index contributed by atoms with van der Waals surface area (Å²) in [5.74, 6) is -1.04. The molecule has 7 heteroatoms. The second-order valence-corrected chi connectivity index (χ2v) is 5.53. The summed E-state index contributed by atoms with van der Waals surface area (Å²) in [5, 5.41) is 12.2. The SMILES string of the molecule is Cc1csc(COc2c(Cl)cc(Cl)cc2C(=O)O)n1. The first kappa shape index (κ1) is 14.1. The van der Waals surface area contributed by atoms with Crippen molar-refractivity contribution in [1.29, 1.82) is 0 Å². The van der Waals surface area contributed by atoms with Gasteiger partial charge in [0.1, 0.15) is 17.2 Å². The van der Waals surface area contributed by atoms with Gasteiger partial charge in [0.15, 0.2) is 5.75 Å². The van der Waals surface area contributed by atoms with E-state index >= 15 is 0 Å². The molecule has 4 nitrogen and oxygen atoms in total. The Hall–Kier alpha value is -1.30. The van der Waals surface area contributed by atoms with Crippen molar-refractivity contribution < 1.29 is 14.6 Å². The first-order valence-electron chi connectivity index (χ1n) is 5.23. The Balaban J connectivity index is 2.26. The highest BCUT2D eigenvalue weighted by molar-refractivity contribution is 7.09. The van der Waals surface area contributed by atoms with Crippen molar-refractivity contribution in [1.82, 2.24) is 4.98 Å². The van der Waals surface area contributed by atoms with Crippen LogP contribution in [0.1, 0.15) is 21.1 Å². The highest BCUT2D eigenvalue weighted by atomic mass is 35.5. The van der Waals surface area contributed by atoms with E-state index in [-0.39, 0.29) is 28.0 Å². The molecule has 0 radical (unpaired) electrons. The summed E-state index contributed by atoms with van der Waals surface area (Å²) in [6.07, 6.45) is 0.